The third-order valence-electron chi connectivity index (χ3n) is 5.26. The monoisotopic (exact) mass is 365 g/mol. The zero-order chi connectivity index (χ0) is 17.9. The average molecular weight is 365 g/mol. The second-order valence-electron chi connectivity index (χ2n) is 6.42. The zero-order valence-electron chi connectivity index (χ0n) is 13.8. The van der Waals surface area contributed by atoms with Gasteiger partial charge in [0.15, 0.2) is 16.6 Å². The molecule has 1 unspecified atom stereocenters. The van der Waals surface area contributed by atoms with Crippen LogP contribution in [0.3, 0.4) is 0 Å². The Hall–Kier alpha value is -1.91. The van der Waals surface area contributed by atoms with Gasteiger partial charge in [-0.05, 0) is 19.6 Å². The molecular formula is C15H19N5O4S. The van der Waals surface area contributed by atoms with Gasteiger partial charge in [0, 0.05) is 5.92 Å². The van der Waals surface area contributed by atoms with Crippen molar-refractivity contribution in [2.24, 2.45) is 11.3 Å². The van der Waals surface area contributed by atoms with Gasteiger partial charge in [-0.15, -0.1) is 0 Å². The molecule has 4 N–H and O–H groups in total. The Morgan fingerprint density at radius 2 is 2.28 bits per heavy atom. The van der Waals surface area contributed by atoms with Crippen molar-refractivity contribution in [3.8, 4) is 0 Å². The van der Waals surface area contributed by atoms with Crippen molar-refractivity contribution < 1.29 is 19.7 Å². The maximum Gasteiger partial charge on any atom is 0.315 e. The van der Waals surface area contributed by atoms with Crippen LogP contribution in [0.25, 0.3) is 11.2 Å². The van der Waals surface area contributed by atoms with Crippen LogP contribution in [0, 0.1) is 11.3 Å². The molecule has 134 valence electrons. The number of nitrogens with two attached hydrogens (primary N) is 1. The summed E-state index contributed by atoms with van der Waals surface area (Å²) in [7, 11) is 0. The van der Waals surface area contributed by atoms with Crippen LogP contribution in [0.5, 0.6) is 0 Å². The third-order valence-corrected chi connectivity index (χ3v) is 5.81. The van der Waals surface area contributed by atoms with Crippen molar-refractivity contribution in [1.29, 1.82) is 0 Å². The average Bonchev–Trinajstić information content (AvgIpc) is 3.13. The summed E-state index contributed by atoms with van der Waals surface area (Å²) in [5.74, 6) is -0.436. The molecule has 25 heavy (non-hydrogen) atoms. The van der Waals surface area contributed by atoms with Crippen LogP contribution in [0.15, 0.2) is 11.5 Å². The number of aliphatic hydroxyl groups is 2. The van der Waals surface area contributed by atoms with Crippen molar-refractivity contribution >= 4 is 34.7 Å². The number of imidazole rings is 1. The third kappa shape index (κ3) is 2.10. The Kier molecular flexibility index (Phi) is 3.67. The van der Waals surface area contributed by atoms with Crippen molar-refractivity contribution in [1.82, 2.24) is 19.5 Å². The molecule has 2 saturated carbocycles. The number of hydrogen-bond acceptors (Lipinski definition) is 9. The smallest absolute Gasteiger partial charge is 0.315 e. The highest BCUT2D eigenvalue weighted by atomic mass is 32.2. The number of esters is 1. The number of hydrogen-bond donors (Lipinski definition) is 3. The van der Waals surface area contributed by atoms with Crippen molar-refractivity contribution in [3.05, 3.63) is 6.33 Å². The van der Waals surface area contributed by atoms with Crippen LogP contribution in [-0.4, -0.2) is 60.8 Å². The lowest BCUT2D eigenvalue weighted by molar-refractivity contribution is -0.156. The molecule has 2 fully saturated rings. The number of fused-ring (bicyclic) bond motifs is 2. The largest absolute Gasteiger partial charge is 0.465 e. The van der Waals surface area contributed by atoms with Gasteiger partial charge in [-0.25, -0.2) is 15.0 Å². The number of aliphatic hydroxyl groups excluding tert-OH is 2. The molecule has 2 heterocycles. The van der Waals surface area contributed by atoms with Crippen LogP contribution < -0.4 is 5.73 Å². The number of anilines is 1. The minimum absolute atomic E-state index is 0.232. The summed E-state index contributed by atoms with van der Waals surface area (Å²) in [6.45, 7) is 1.95. The summed E-state index contributed by atoms with van der Waals surface area (Å²) in [5.41, 5.74) is 5.82. The van der Waals surface area contributed by atoms with Gasteiger partial charge in [-0.2, -0.15) is 0 Å². The highest BCUT2D eigenvalue weighted by molar-refractivity contribution is 7.98. The minimum atomic E-state index is -1.18. The maximum absolute atomic E-state index is 12.3. The number of rotatable bonds is 4. The van der Waals surface area contributed by atoms with E-state index in [0.29, 0.717) is 22.7 Å². The van der Waals surface area contributed by atoms with Gasteiger partial charge in [0.1, 0.15) is 17.0 Å². The summed E-state index contributed by atoms with van der Waals surface area (Å²) in [4.78, 5) is 25.2. The van der Waals surface area contributed by atoms with E-state index >= 15 is 0 Å². The zero-order valence-corrected chi connectivity index (χ0v) is 14.6. The highest BCUT2D eigenvalue weighted by Gasteiger charge is 2.76. The van der Waals surface area contributed by atoms with E-state index in [2.05, 4.69) is 15.0 Å². The fourth-order valence-electron chi connectivity index (χ4n) is 4.01. The molecule has 0 aromatic carbocycles. The minimum Gasteiger partial charge on any atom is -0.465 e. The first-order chi connectivity index (χ1) is 12.0. The Bertz CT molecular complexity index is 858. The molecule has 0 radical (unpaired) electrons. The summed E-state index contributed by atoms with van der Waals surface area (Å²) >= 11 is 1.35. The Labute approximate surface area is 147 Å². The SMILES string of the molecule is CCOC(=O)[C@@]12CC1[C@@H](n1cnc3c(N)nc(SC)nc31)[C@H](O)[C@@H]2O. The Balaban J connectivity index is 1.78. The van der Waals surface area contributed by atoms with Crippen LogP contribution in [-0.2, 0) is 9.53 Å². The number of carbonyl (C=O) groups excluding carboxylic acids is 1. The van der Waals surface area contributed by atoms with Crippen molar-refractivity contribution in [3.63, 3.8) is 0 Å². The fraction of sp³-hybridized carbons (Fsp3) is 0.600. The lowest BCUT2D eigenvalue weighted by Crippen LogP contribution is -2.38. The first kappa shape index (κ1) is 16.6. The van der Waals surface area contributed by atoms with Gasteiger partial charge in [-0.3, -0.25) is 4.79 Å². The van der Waals surface area contributed by atoms with Crippen LogP contribution >= 0.6 is 11.8 Å². The molecule has 10 heteroatoms. The Morgan fingerprint density at radius 1 is 1.52 bits per heavy atom. The molecule has 5 atom stereocenters. The molecular weight excluding hydrogens is 346 g/mol. The standard InChI is InChI=1S/C15H19N5O4S/c1-3-24-13(23)15-4-6(15)8(9(21)10(15)22)20-5-17-7-11(16)18-14(25-2)19-12(7)20/h5-6,8-10,21-22H,3-4H2,1-2H3,(H2,16,18,19)/t6?,8-,9+,10+,15+/m1/s1. The van der Waals surface area contributed by atoms with Gasteiger partial charge in [0.2, 0.25) is 0 Å². The van der Waals surface area contributed by atoms with E-state index in [4.69, 9.17) is 10.5 Å². The number of thioether (sulfide) groups is 1. The number of nitrogens with zero attached hydrogens (tertiary/aromatic N) is 4. The summed E-state index contributed by atoms with van der Waals surface area (Å²) < 4.78 is 6.81. The molecule has 9 nitrogen and oxygen atoms in total. The Morgan fingerprint density at radius 3 is 2.96 bits per heavy atom. The molecule has 0 amide bonds. The fourth-order valence-corrected chi connectivity index (χ4v) is 4.37. The summed E-state index contributed by atoms with van der Waals surface area (Å²) in [6, 6.07) is -0.520. The first-order valence-corrected chi connectivity index (χ1v) is 9.25. The molecule has 4 rings (SSSR count). The summed E-state index contributed by atoms with van der Waals surface area (Å²) in [5, 5.41) is 21.6. The normalized spacial score (nSPS) is 33.4. The number of ether oxygens (including phenoxy) is 1. The van der Waals surface area contributed by atoms with E-state index in [1.54, 1.807) is 11.5 Å². The molecule has 2 aliphatic carbocycles. The molecule has 0 bridgehead atoms. The predicted octanol–water partition coefficient (Wildman–Crippen LogP) is -0.0237. The van der Waals surface area contributed by atoms with Gasteiger partial charge < -0.3 is 25.3 Å². The second kappa shape index (κ2) is 5.55. The van der Waals surface area contributed by atoms with E-state index in [9.17, 15) is 15.0 Å². The lowest BCUT2D eigenvalue weighted by atomic mass is 9.99. The van der Waals surface area contributed by atoms with E-state index < -0.39 is 29.6 Å². The number of carbonyl (C=O) groups is 1. The van der Waals surface area contributed by atoms with Gasteiger partial charge in [-0.1, -0.05) is 11.8 Å². The second-order valence-corrected chi connectivity index (χ2v) is 7.19. The van der Waals surface area contributed by atoms with Crippen molar-refractivity contribution in [2.75, 3.05) is 18.6 Å². The molecule has 2 aromatic rings. The molecule has 2 aliphatic rings. The predicted molar refractivity (Wildman–Crippen MR) is 89.7 cm³/mol. The number of aromatic nitrogens is 4. The van der Waals surface area contributed by atoms with Crippen LogP contribution in [0.2, 0.25) is 0 Å². The molecule has 0 spiro atoms. The first-order valence-electron chi connectivity index (χ1n) is 8.03. The van der Waals surface area contributed by atoms with Gasteiger partial charge >= 0.3 is 5.97 Å². The molecule has 0 aliphatic heterocycles. The van der Waals surface area contributed by atoms with Gasteiger partial charge in [0.05, 0.1) is 25.1 Å². The van der Waals surface area contributed by atoms with Crippen LogP contribution in [0.4, 0.5) is 5.82 Å². The lowest BCUT2D eigenvalue weighted by Gasteiger charge is -2.23. The number of nitrogen functional groups attached to an aromatic ring is 1. The molecule has 2 aromatic heterocycles. The quantitative estimate of drug-likeness (QED) is 0.388. The van der Waals surface area contributed by atoms with Crippen molar-refractivity contribution in [2.45, 2.75) is 36.8 Å². The van der Waals surface area contributed by atoms with Crippen LogP contribution in [0.1, 0.15) is 19.4 Å². The van der Waals surface area contributed by atoms with Gasteiger partial charge in [0.25, 0.3) is 0 Å². The molecule has 0 saturated heterocycles. The maximum atomic E-state index is 12.3. The van der Waals surface area contributed by atoms with E-state index in [1.807, 2.05) is 6.26 Å². The highest BCUT2D eigenvalue weighted by Crippen LogP contribution is 2.68. The summed E-state index contributed by atoms with van der Waals surface area (Å²) in [6.07, 6.45) is 1.53. The van der Waals surface area contributed by atoms with E-state index in [0.717, 1.165) is 0 Å². The topological polar surface area (TPSA) is 136 Å². The van der Waals surface area contributed by atoms with E-state index in [1.165, 1.54) is 18.1 Å². The van der Waals surface area contributed by atoms with E-state index in [-0.39, 0.29) is 18.3 Å².